The topological polar surface area (TPSA) is 21.3 Å². The molecule has 1 atom stereocenters. The van der Waals surface area contributed by atoms with Gasteiger partial charge in [-0.15, -0.1) is 0 Å². The first-order valence-corrected chi connectivity index (χ1v) is 5.62. The Morgan fingerprint density at radius 2 is 2.21 bits per heavy atom. The van der Waals surface area contributed by atoms with Gasteiger partial charge >= 0.3 is 0 Å². The summed E-state index contributed by atoms with van der Waals surface area (Å²) in [7, 11) is 0. The van der Waals surface area contributed by atoms with Gasteiger partial charge in [-0.1, -0.05) is 20.8 Å². The SMILES string of the molecule is CC(C)(C)C1(C2=COCC2)CCCN1. The van der Waals surface area contributed by atoms with Crippen molar-refractivity contribution in [2.75, 3.05) is 13.2 Å². The highest BCUT2D eigenvalue weighted by molar-refractivity contribution is 5.26. The summed E-state index contributed by atoms with van der Waals surface area (Å²) in [5.41, 5.74) is 1.95. The third-order valence-corrected chi connectivity index (χ3v) is 3.70. The van der Waals surface area contributed by atoms with Gasteiger partial charge in [0.15, 0.2) is 0 Å². The molecule has 0 aromatic heterocycles. The van der Waals surface area contributed by atoms with Crippen LogP contribution < -0.4 is 5.32 Å². The van der Waals surface area contributed by atoms with Crippen LogP contribution >= 0.6 is 0 Å². The Labute approximate surface area is 86.7 Å². The van der Waals surface area contributed by atoms with Crippen molar-refractivity contribution in [2.24, 2.45) is 5.41 Å². The molecule has 0 amide bonds. The van der Waals surface area contributed by atoms with Crippen molar-refractivity contribution in [1.29, 1.82) is 0 Å². The number of ether oxygens (including phenoxy) is 1. The summed E-state index contributed by atoms with van der Waals surface area (Å²) in [5, 5.41) is 3.70. The zero-order valence-corrected chi connectivity index (χ0v) is 9.52. The van der Waals surface area contributed by atoms with E-state index in [1.54, 1.807) is 0 Å². The van der Waals surface area contributed by atoms with E-state index in [2.05, 4.69) is 26.1 Å². The average molecular weight is 195 g/mol. The fourth-order valence-electron chi connectivity index (χ4n) is 2.84. The van der Waals surface area contributed by atoms with E-state index in [0.29, 0.717) is 0 Å². The molecule has 2 aliphatic heterocycles. The minimum absolute atomic E-state index is 0.198. The van der Waals surface area contributed by atoms with E-state index in [4.69, 9.17) is 4.74 Å². The van der Waals surface area contributed by atoms with Crippen molar-refractivity contribution in [3.05, 3.63) is 11.8 Å². The standard InChI is InChI=1S/C12H21NO/c1-11(2,3)12(6-4-7-13-12)10-5-8-14-9-10/h9,13H,4-8H2,1-3H3. The van der Waals surface area contributed by atoms with Crippen molar-refractivity contribution in [2.45, 2.75) is 45.6 Å². The van der Waals surface area contributed by atoms with Gasteiger partial charge in [0, 0.05) is 12.0 Å². The maximum absolute atomic E-state index is 5.39. The van der Waals surface area contributed by atoms with Gasteiger partial charge in [0.1, 0.15) is 0 Å². The Morgan fingerprint density at radius 3 is 2.64 bits per heavy atom. The zero-order chi connectivity index (χ0) is 10.2. The molecule has 2 rings (SSSR count). The highest BCUT2D eigenvalue weighted by Gasteiger charge is 2.47. The molecular formula is C12H21NO. The maximum Gasteiger partial charge on any atom is 0.0912 e. The van der Waals surface area contributed by atoms with Crippen LogP contribution in [0.5, 0.6) is 0 Å². The molecule has 2 nitrogen and oxygen atoms in total. The smallest absolute Gasteiger partial charge is 0.0912 e. The van der Waals surface area contributed by atoms with Crippen LogP contribution in [-0.2, 0) is 4.74 Å². The van der Waals surface area contributed by atoms with Crippen molar-refractivity contribution in [3.63, 3.8) is 0 Å². The van der Waals surface area contributed by atoms with Gasteiger partial charge in [-0.05, 0) is 30.4 Å². The monoisotopic (exact) mass is 195 g/mol. The Kier molecular flexibility index (Phi) is 2.34. The first-order valence-electron chi connectivity index (χ1n) is 5.62. The predicted molar refractivity (Wildman–Crippen MR) is 58.1 cm³/mol. The molecule has 0 saturated carbocycles. The largest absolute Gasteiger partial charge is 0.501 e. The van der Waals surface area contributed by atoms with E-state index in [1.165, 1.54) is 18.4 Å². The normalized spacial score (nSPS) is 32.9. The number of nitrogens with one attached hydrogen (secondary N) is 1. The Morgan fingerprint density at radius 1 is 1.43 bits per heavy atom. The van der Waals surface area contributed by atoms with Crippen molar-refractivity contribution < 1.29 is 4.74 Å². The molecule has 1 unspecified atom stereocenters. The lowest BCUT2D eigenvalue weighted by molar-refractivity contribution is 0.197. The molecule has 2 aliphatic rings. The lowest BCUT2D eigenvalue weighted by atomic mass is 9.68. The zero-order valence-electron chi connectivity index (χ0n) is 9.52. The average Bonchev–Trinajstić information content (AvgIpc) is 2.74. The minimum atomic E-state index is 0.198. The van der Waals surface area contributed by atoms with Gasteiger partial charge in [-0.2, -0.15) is 0 Å². The van der Waals surface area contributed by atoms with Crippen LogP contribution in [0, 0.1) is 5.41 Å². The second-order valence-corrected chi connectivity index (χ2v) is 5.45. The van der Waals surface area contributed by atoms with Gasteiger partial charge in [0.25, 0.3) is 0 Å². The third-order valence-electron chi connectivity index (χ3n) is 3.70. The highest BCUT2D eigenvalue weighted by atomic mass is 16.5. The first kappa shape index (κ1) is 10.0. The molecule has 0 bridgehead atoms. The molecule has 2 heteroatoms. The molecule has 0 spiro atoms. The van der Waals surface area contributed by atoms with Gasteiger partial charge in [-0.25, -0.2) is 0 Å². The molecule has 2 heterocycles. The van der Waals surface area contributed by atoms with Crippen molar-refractivity contribution in [1.82, 2.24) is 5.32 Å². The van der Waals surface area contributed by atoms with Crippen LogP contribution in [0.25, 0.3) is 0 Å². The van der Waals surface area contributed by atoms with E-state index in [9.17, 15) is 0 Å². The van der Waals surface area contributed by atoms with Gasteiger partial charge in [-0.3, -0.25) is 0 Å². The molecule has 1 saturated heterocycles. The molecule has 0 aliphatic carbocycles. The molecule has 0 radical (unpaired) electrons. The van der Waals surface area contributed by atoms with Crippen molar-refractivity contribution >= 4 is 0 Å². The van der Waals surface area contributed by atoms with E-state index in [0.717, 1.165) is 19.6 Å². The van der Waals surface area contributed by atoms with E-state index in [-0.39, 0.29) is 11.0 Å². The Bertz CT molecular complexity index is 244. The molecule has 0 aromatic rings. The Balaban J connectivity index is 2.30. The van der Waals surface area contributed by atoms with Crippen LogP contribution in [0.3, 0.4) is 0 Å². The molecule has 14 heavy (non-hydrogen) atoms. The number of hydrogen-bond acceptors (Lipinski definition) is 2. The number of rotatable bonds is 1. The van der Waals surface area contributed by atoms with E-state index < -0.39 is 0 Å². The van der Waals surface area contributed by atoms with Crippen LogP contribution in [-0.4, -0.2) is 18.7 Å². The van der Waals surface area contributed by atoms with Crippen LogP contribution in [0.15, 0.2) is 11.8 Å². The highest BCUT2D eigenvalue weighted by Crippen LogP contribution is 2.44. The lowest BCUT2D eigenvalue weighted by Gasteiger charge is -2.43. The van der Waals surface area contributed by atoms with Gasteiger partial charge in [0.2, 0.25) is 0 Å². The van der Waals surface area contributed by atoms with Crippen molar-refractivity contribution in [3.8, 4) is 0 Å². The summed E-state index contributed by atoms with van der Waals surface area (Å²) < 4.78 is 5.39. The summed E-state index contributed by atoms with van der Waals surface area (Å²) in [4.78, 5) is 0. The predicted octanol–water partition coefficient (Wildman–Crippen LogP) is 2.46. The van der Waals surface area contributed by atoms with E-state index >= 15 is 0 Å². The summed E-state index contributed by atoms with van der Waals surface area (Å²) in [6, 6.07) is 0. The summed E-state index contributed by atoms with van der Waals surface area (Å²) in [5.74, 6) is 0. The molecule has 80 valence electrons. The number of hydrogen-bond donors (Lipinski definition) is 1. The second-order valence-electron chi connectivity index (χ2n) is 5.45. The van der Waals surface area contributed by atoms with Crippen LogP contribution in [0.1, 0.15) is 40.0 Å². The quantitative estimate of drug-likeness (QED) is 0.694. The molecular weight excluding hydrogens is 174 g/mol. The third kappa shape index (κ3) is 1.36. The Hall–Kier alpha value is -0.500. The minimum Gasteiger partial charge on any atom is -0.501 e. The van der Waals surface area contributed by atoms with Gasteiger partial charge < -0.3 is 10.1 Å². The second kappa shape index (κ2) is 3.27. The summed E-state index contributed by atoms with van der Waals surface area (Å²) in [6.07, 6.45) is 5.63. The van der Waals surface area contributed by atoms with Gasteiger partial charge in [0.05, 0.1) is 12.9 Å². The van der Waals surface area contributed by atoms with Crippen LogP contribution in [0.2, 0.25) is 0 Å². The fraction of sp³-hybridized carbons (Fsp3) is 0.833. The summed E-state index contributed by atoms with van der Waals surface area (Å²) in [6.45, 7) is 8.99. The fourth-order valence-corrected chi connectivity index (χ4v) is 2.84. The lowest BCUT2D eigenvalue weighted by Crippen LogP contribution is -2.52. The first-order chi connectivity index (χ1) is 6.56. The molecule has 1 fully saturated rings. The summed E-state index contributed by atoms with van der Waals surface area (Å²) >= 11 is 0. The molecule has 1 N–H and O–H groups in total. The maximum atomic E-state index is 5.39. The van der Waals surface area contributed by atoms with Crippen LogP contribution in [0.4, 0.5) is 0 Å². The molecule has 0 aromatic carbocycles. The van der Waals surface area contributed by atoms with E-state index in [1.807, 2.05) is 6.26 Å².